The minimum atomic E-state index is -3.72. The van der Waals surface area contributed by atoms with E-state index in [0.717, 1.165) is 0 Å². The number of thiocarbonyl (C=S) groups is 1. The number of amides is 1. The largest absolute Gasteiger partial charge is 0.466 e. The highest BCUT2D eigenvalue weighted by Gasteiger charge is 2.14. The molecule has 0 atom stereocenters. The Balaban J connectivity index is 1.85. The average Bonchev–Trinajstić information content (AvgIpc) is 2.71. The summed E-state index contributed by atoms with van der Waals surface area (Å²) in [6.45, 7) is 2.21. The van der Waals surface area contributed by atoms with Crippen molar-refractivity contribution in [2.24, 2.45) is 0 Å². The van der Waals surface area contributed by atoms with E-state index >= 15 is 0 Å². The maximum absolute atomic E-state index is 12.4. The normalized spacial score (nSPS) is 10.7. The second-order valence-electron chi connectivity index (χ2n) is 6.22. The van der Waals surface area contributed by atoms with Crippen LogP contribution in [0.15, 0.2) is 59.5 Å². The highest BCUT2D eigenvalue weighted by molar-refractivity contribution is 7.92. The molecule has 30 heavy (non-hydrogen) atoms. The minimum absolute atomic E-state index is 0.0323. The maximum Gasteiger partial charge on any atom is 0.306 e. The van der Waals surface area contributed by atoms with Crippen LogP contribution in [0.1, 0.15) is 26.2 Å². The number of carbonyl (C=O) groups is 2. The SMILES string of the molecule is CCCOC(=O)CCC(=O)NC(=S)Nc1ccc(S(=O)(=O)Nc2ccccc2)cc1. The van der Waals surface area contributed by atoms with Crippen LogP contribution in [-0.4, -0.2) is 32.0 Å². The summed E-state index contributed by atoms with van der Waals surface area (Å²) < 4.78 is 32.2. The molecule has 8 nitrogen and oxygen atoms in total. The van der Waals surface area contributed by atoms with Gasteiger partial charge in [0.25, 0.3) is 10.0 Å². The average molecular weight is 450 g/mol. The first-order valence-corrected chi connectivity index (χ1v) is 11.1. The van der Waals surface area contributed by atoms with Crippen molar-refractivity contribution in [1.29, 1.82) is 0 Å². The van der Waals surface area contributed by atoms with Crippen molar-refractivity contribution in [2.45, 2.75) is 31.1 Å². The molecule has 0 aliphatic carbocycles. The van der Waals surface area contributed by atoms with Gasteiger partial charge in [-0.15, -0.1) is 0 Å². The van der Waals surface area contributed by atoms with E-state index in [2.05, 4.69) is 15.4 Å². The lowest BCUT2D eigenvalue weighted by Gasteiger charge is -2.11. The van der Waals surface area contributed by atoms with Gasteiger partial charge in [-0.25, -0.2) is 8.42 Å². The van der Waals surface area contributed by atoms with Gasteiger partial charge in [-0.1, -0.05) is 25.1 Å². The molecule has 0 aromatic heterocycles. The molecule has 0 saturated carbocycles. The third-order valence-electron chi connectivity index (χ3n) is 3.72. The molecule has 0 fully saturated rings. The Kier molecular flexibility index (Phi) is 8.75. The van der Waals surface area contributed by atoms with Crippen LogP contribution in [-0.2, 0) is 24.3 Å². The van der Waals surface area contributed by atoms with Crippen LogP contribution in [0.4, 0.5) is 11.4 Å². The van der Waals surface area contributed by atoms with Crippen LogP contribution in [0.25, 0.3) is 0 Å². The summed E-state index contributed by atoms with van der Waals surface area (Å²) in [6.07, 6.45) is 0.635. The number of rotatable bonds is 9. The van der Waals surface area contributed by atoms with Crippen LogP contribution >= 0.6 is 12.2 Å². The molecule has 0 aliphatic heterocycles. The second-order valence-corrected chi connectivity index (χ2v) is 8.31. The number of sulfonamides is 1. The van der Waals surface area contributed by atoms with E-state index in [1.54, 1.807) is 30.3 Å². The minimum Gasteiger partial charge on any atom is -0.466 e. The van der Waals surface area contributed by atoms with Crippen molar-refractivity contribution in [3.63, 3.8) is 0 Å². The molecular formula is C20H23N3O5S2. The topological polar surface area (TPSA) is 114 Å². The number of anilines is 2. The van der Waals surface area contributed by atoms with E-state index in [9.17, 15) is 18.0 Å². The van der Waals surface area contributed by atoms with E-state index in [4.69, 9.17) is 17.0 Å². The van der Waals surface area contributed by atoms with Crippen molar-refractivity contribution in [3.05, 3.63) is 54.6 Å². The third-order valence-corrected chi connectivity index (χ3v) is 5.33. The Bertz CT molecular complexity index is 977. The summed E-state index contributed by atoms with van der Waals surface area (Å²) in [5, 5.41) is 5.29. The number of nitrogens with one attached hydrogen (secondary N) is 3. The standard InChI is InChI=1S/C20H23N3O5S2/c1-2-14-28-19(25)13-12-18(24)22-20(29)21-15-8-10-17(11-9-15)30(26,27)23-16-6-4-3-5-7-16/h3-11,23H,2,12-14H2,1H3,(H2,21,22,24,29). The quantitative estimate of drug-likeness (QED) is 0.398. The molecule has 2 aromatic rings. The monoisotopic (exact) mass is 449 g/mol. The van der Waals surface area contributed by atoms with E-state index in [-0.39, 0.29) is 22.8 Å². The van der Waals surface area contributed by atoms with Crippen molar-refractivity contribution in [2.75, 3.05) is 16.6 Å². The van der Waals surface area contributed by atoms with Crippen LogP contribution < -0.4 is 15.4 Å². The zero-order valence-corrected chi connectivity index (χ0v) is 18.0. The van der Waals surface area contributed by atoms with Gasteiger partial charge >= 0.3 is 5.97 Å². The van der Waals surface area contributed by atoms with Gasteiger partial charge in [0.15, 0.2) is 5.11 Å². The number of esters is 1. The zero-order valence-electron chi connectivity index (χ0n) is 16.4. The molecule has 0 spiro atoms. The molecule has 0 radical (unpaired) electrons. The summed E-state index contributed by atoms with van der Waals surface area (Å²) >= 11 is 5.07. The van der Waals surface area contributed by atoms with Crippen molar-refractivity contribution in [1.82, 2.24) is 5.32 Å². The van der Waals surface area contributed by atoms with Crippen LogP contribution in [0.5, 0.6) is 0 Å². The first-order valence-electron chi connectivity index (χ1n) is 9.24. The number of ether oxygens (including phenoxy) is 1. The van der Waals surface area contributed by atoms with Gasteiger partial charge < -0.3 is 15.4 Å². The summed E-state index contributed by atoms with van der Waals surface area (Å²) in [4.78, 5) is 23.3. The fraction of sp³-hybridized carbons (Fsp3) is 0.250. The Morgan fingerprint density at radius 3 is 2.27 bits per heavy atom. The molecule has 0 aliphatic rings. The molecular weight excluding hydrogens is 426 g/mol. The van der Waals surface area contributed by atoms with Gasteiger partial charge in [0.1, 0.15) is 0 Å². The fourth-order valence-corrected chi connectivity index (χ4v) is 3.58. The van der Waals surface area contributed by atoms with E-state index in [1.807, 2.05) is 6.92 Å². The van der Waals surface area contributed by atoms with Crippen molar-refractivity contribution in [3.8, 4) is 0 Å². The van der Waals surface area contributed by atoms with E-state index in [0.29, 0.717) is 24.4 Å². The first-order chi connectivity index (χ1) is 14.3. The van der Waals surface area contributed by atoms with Crippen LogP contribution in [0.2, 0.25) is 0 Å². The number of hydrogen-bond donors (Lipinski definition) is 3. The van der Waals surface area contributed by atoms with Crippen LogP contribution in [0, 0.1) is 0 Å². The number of hydrogen-bond acceptors (Lipinski definition) is 6. The van der Waals surface area contributed by atoms with Gasteiger partial charge in [0.05, 0.1) is 17.9 Å². The highest BCUT2D eigenvalue weighted by Crippen LogP contribution is 2.18. The molecule has 1 amide bonds. The maximum atomic E-state index is 12.4. The Labute approximate surface area is 181 Å². The Morgan fingerprint density at radius 2 is 1.63 bits per heavy atom. The summed E-state index contributed by atoms with van der Waals surface area (Å²) in [6, 6.07) is 14.4. The summed E-state index contributed by atoms with van der Waals surface area (Å²) in [5.74, 6) is -0.862. The molecule has 2 aromatic carbocycles. The van der Waals surface area contributed by atoms with Gasteiger partial charge in [0.2, 0.25) is 5.91 Å². The fourth-order valence-electron chi connectivity index (χ4n) is 2.29. The lowest BCUT2D eigenvalue weighted by molar-refractivity contribution is -0.144. The smallest absolute Gasteiger partial charge is 0.306 e. The molecule has 0 unspecified atom stereocenters. The molecule has 0 bridgehead atoms. The Hall–Kier alpha value is -2.98. The molecule has 3 N–H and O–H groups in total. The van der Waals surface area contributed by atoms with Gasteiger partial charge in [-0.3, -0.25) is 14.3 Å². The van der Waals surface area contributed by atoms with Gasteiger partial charge in [0, 0.05) is 17.8 Å². The molecule has 0 saturated heterocycles. The molecule has 2 rings (SSSR count). The predicted octanol–water partition coefficient (Wildman–Crippen LogP) is 3.03. The lowest BCUT2D eigenvalue weighted by Crippen LogP contribution is -2.34. The number of para-hydroxylation sites is 1. The zero-order chi connectivity index (χ0) is 22.0. The highest BCUT2D eigenvalue weighted by atomic mass is 32.2. The Morgan fingerprint density at radius 1 is 0.967 bits per heavy atom. The van der Waals surface area contributed by atoms with Crippen molar-refractivity contribution >= 4 is 50.6 Å². The van der Waals surface area contributed by atoms with Crippen LogP contribution in [0.3, 0.4) is 0 Å². The summed E-state index contributed by atoms with van der Waals surface area (Å²) in [7, 11) is -3.72. The number of carbonyl (C=O) groups excluding carboxylic acids is 2. The van der Waals surface area contributed by atoms with Gasteiger partial charge in [-0.2, -0.15) is 0 Å². The molecule has 10 heteroatoms. The summed E-state index contributed by atoms with van der Waals surface area (Å²) in [5.41, 5.74) is 0.962. The van der Waals surface area contributed by atoms with E-state index in [1.165, 1.54) is 24.3 Å². The molecule has 0 heterocycles. The lowest BCUT2D eigenvalue weighted by atomic mass is 10.3. The molecule has 160 valence electrons. The van der Waals surface area contributed by atoms with Crippen molar-refractivity contribution < 1.29 is 22.7 Å². The third kappa shape index (κ3) is 7.80. The van der Waals surface area contributed by atoms with Gasteiger partial charge in [-0.05, 0) is 55.0 Å². The van der Waals surface area contributed by atoms with E-state index < -0.39 is 21.9 Å². The first kappa shape index (κ1) is 23.3. The second kappa shape index (κ2) is 11.3. The number of benzene rings is 2. The predicted molar refractivity (Wildman–Crippen MR) is 119 cm³/mol.